The van der Waals surface area contributed by atoms with Crippen molar-refractivity contribution in [2.45, 2.75) is 82.6 Å². The van der Waals surface area contributed by atoms with Crippen molar-refractivity contribution < 1.29 is 19.3 Å². The van der Waals surface area contributed by atoms with Gasteiger partial charge in [0.05, 0.1) is 13.2 Å². The second kappa shape index (κ2) is 8.94. The number of phenols is 1. The summed E-state index contributed by atoms with van der Waals surface area (Å²) in [6.45, 7) is 8.35. The summed E-state index contributed by atoms with van der Waals surface area (Å²) in [7, 11) is 1.85. The van der Waals surface area contributed by atoms with E-state index in [9.17, 15) is 5.11 Å². The fourth-order valence-corrected chi connectivity index (χ4v) is 10.8. The highest BCUT2D eigenvalue weighted by molar-refractivity contribution is 7.19. The smallest absolute Gasteiger partial charge is 0.165 e. The minimum absolute atomic E-state index is 0.0433. The Balaban J connectivity index is 1.18. The van der Waals surface area contributed by atoms with Crippen LogP contribution < -0.4 is 4.74 Å². The molecule has 6 heteroatoms. The fourth-order valence-electron chi connectivity index (χ4n) is 9.81. The van der Waals surface area contributed by atoms with Crippen LogP contribution in [0.3, 0.4) is 0 Å². The molecular formula is C34H41NO4S. The Hall–Kier alpha value is -2.12. The van der Waals surface area contributed by atoms with Crippen molar-refractivity contribution in [3.63, 3.8) is 0 Å². The zero-order valence-electron chi connectivity index (χ0n) is 23.9. The molecule has 2 saturated carbocycles. The lowest BCUT2D eigenvalue weighted by Gasteiger charge is -2.69. The van der Waals surface area contributed by atoms with Gasteiger partial charge in [-0.05, 0) is 80.1 Å². The number of aromatic hydroxyl groups is 1. The summed E-state index contributed by atoms with van der Waals surface area (Å²) < 4.78 is 21.3. The zero-order valence-corrected chi connectivity index (χ0v) is 24.8. The summed E-state index contributed by atoms with van der Waals surface area (Å²) in [5, 5.41) is 12.3. The number of hydrogen-bond donors (Lipinski definition) is 1. The molecule has 2 aliphatic heterocycles. The molecule has 0 radical (unpaired) electrons. The maximum atomic E-state index is 11.1. The van der Waals surface area contributed by atoms with Gasteiger partial charge in [-0.2, -0.15) is 0 Å². The maximum absolute atomic E-state index is 11.1. The van der Waals surface area contributed by atoms with E-state index in [-0.39, 0.29) is 34.2 Å². The molecule has 2 bridgehead atoms. The van der Waals surface area contributed by atoms with Crippen LogP contribution in [0.15, 0.2) is 42.5 Å². The lowest BCUT2D eigenvalue weighted by molar-refractivity contribution is -0.228. The summed E-state index contributed by atoms with van der Waals surface area (Å²) in [6.07, 6.45) is 6.75. The molecular weight excluding hydrogens is 518 g/mol. The molecule has 40 heavy (non-hydrogen) atoms. The van der Waals surface area contributed by atoms with Crippen molar-refractivity contribution in [1.29, 1.82) is 0 Å². The van der Waals surface area contributed by atoms with Crippen molar-refractivity contribution in [3.05, 3.63) is 58.5 Å². The van der Waals surface area contributed by atoms with Crippen LogP contribution in [0.5, 0.6) is 11.5 Å². The average molecular weight is 560 g/mol. The van der Waals surface area contributed by atoms with Crippen LogP contribution in [0, 0.1) is 16.7 Å². The number of likely N-dealkylation sites (tertiary alicyclic amines) is 1. The standard InChI is InChI=1S/C34H41NO4S/c1-4-33-19-32(2,20-38-18-24-15-22-7-5-6-8-26(22)40-24)30(37-3)31-34(33)13-14-35(17-21-9-10-21)27(33)16-23-11-12-25(36)29(39-31)28(23)34/h5-8,11-12,15,21,27,30-31,36H,4,9-10,13-14,16-20H2,1-3H3/t27-,30?,31+,32+,33-,34+/m0/s1. The molecule has 1 unspecified atom stereocenters. The highest BCUT2D eigenvalue weighted by Crippen LogP contribution is 2.73. The van der Waals surface area contributed by atoms with Crippen LogP contribution in [-0.4, -0.2) is 55.1 Å². The third-order valence-corrected chi connectivity index (χ3v) is 12.6. The Kier molecular flexibility index (Phi) is 5.72. The van der Waals surface area contributed by atoms with Gasteiger partial charge in [0.15, 0.2) is 11.5 Å². The van der Waals surface area contributed by atoms with Gasteiger partial charge >= 0.3 is 0 Å². The van der Waals surface area contributed by atoms with Gasteiger partial charge in [0.1, 0.15) is 12.2 Å². The van der Waals surface area contributed by atoms with Gasteiger partial charge in [-0.3, -0.25) is 4.90 Å². The summed E-state index contributed by atoms with van der Waals surface area (Å²) in [4.78, 5) is 4.11. The van der Waals surface area contributed by atoms with E-state index in [2.05, 4.69) is 55.1 Å². The van der Waals surface area contributed by atoms with Crippen molar-refractivity contribution in [2.75, 3.05) is 26.8 Å². The number of ether oxygens (including phenoxy) is 3. The molecule has 1 spiro atoms. The van der Waals surface area contributed by atoms with Crippen LogP contribution in [0.25, 0.3) is 10.1 Å². The minimum atomic E-state index is -0.217. The van der Waals surface area contributed by atoms with E-state index >= 15 is 0 Å². The monoisotopic (exact) mass is 559 g/mol. The van der Waals surface area contributed by atoms with Gasteiger partial charge in [0, 0.05) is 51.1 Å². The van der Waals surface area contributed by atoms with Crippen LogP contribution in [0.4, 0.5) is 0 Å². The Morgan fingerprint density at radius 3 is 2.80 bits per heavy atom. The summed E-state index contributed by atoms with van der Waals surface area (Å²) in [5.41, 5.74) is 2.37. The summed E-state index contributed by atoms with van der Waals surface area (Å²) >= 11 is 1.82. The van der Waals surface area contributed by atoms with Crippen molar-refractivity contribution in [1.82, 2.24) is 4.90 Å². The predicted octanol–water partition coefficient (Wildman–Crippen LogP) is 6.68. The fraction of sp³-hybridized carbons (Fsp3) is 0.588. The van der Waals surface area contributed by atoms with Crippen LogP contribution in [-0.2, 0) is 27.9 Å². The molecule has 3 aliphatic carbocycles. The first kappa shape index (κ1) is 25.6. The molecule has 1 saturated heterocycles. The molecule has 0 amide bonds. The first-order chi connectivity index (χ1) is 19.4. The van der Waals surface area contributed by atoms with Crippen LogP contribution in [0.2, 0.25) is 0 Å². The van der Waals surface area contributed by atoms with Crippen LogP contribution in [0.1, 0.15) is 62.0 Å². The lowest BCUT2D eigenvalue weighted by Crippen LogP contribution is -2.76. The largest absolute Gasteiger partial charge is 0.504 e. The molecule has 1 N–H and O–H groups in total. The number of rotatable bonds is 8. The number of thiophene rings is 1. The number of methoxy groups -OCH3 is 1. The number of benzene rings is 2. The van der Waals surface area contributed by atoms with Gasteiger partial charge in [-0.1, -0.05) is 38.1 Å². The molecule has 3 fully saturated rings. The van der Waals surface area contributed by atoms with E-state index in [1.54, 1.807) is 0 Å². The normalized spacial score (nSPS) is 36.0. The molecule has 5 nitrogen and oxygen atoms in total. The highest BCUT2D eigenvalue weighted by atomic mass is 32.1. The number of fused-ring (bicyclic) bond motifs is 1. The second-order valence-corrected chi connectivity index (χ2v) is 14.8. The Labute approximate surface area is 241 Å². The van der Waals surface area contributed by atoms with E-state index < -0.39 is 0 Å². The van der Waals surface area contributed by atoms with E-state index in [4.69, 9.17) is 14.2 Å². The second-order valence-electron chi connectivity index (χ2n) is 13.6. The van der Waals surface area contributed by atoms with E-state index in [1.165, 1.54) is 45.5 Å². The summed E-state index contributed by atoms with van der Waals surface area (Å²) in [6, 6.07) is 15.3. The van der Waals surface area contributed by atoms with Crippen molar-refractivity contribution >= 4 is 21.4 Å². The van der Waals surface area contributed by atoms with Gasteiger partial charge in [-0.25, -0.2) is 0 Å². The van der Waals surface area contributed by atoms with Gasteiger partial charge in [0.2, 0.25) is 0 Å². The maximum Gasteiger partial charge on any atom is 0.165 e. The Morgan fingerprint density at radius 2 is 2.02 bits per heavy atom. The van der Waals surface area contributed by atoms with Crippen molar-refractivity contribution in [3.8, 4) is 11.5 Å². The lowest BCUT2D eigenvalue weighted by atomic mass is 9.39. The van der Waals surface area contributed by atoms with Crippen molar-refractivity contribution in [2.24, 2.45) is 16.7 Å². The third kappa shape index (κ3) is 3.37. The molecule has 212 valence electrons. The van der Waals surface area contributed by atoms with Gasteiger partial charge < -0.3 is 19.3 Å². The van der Waals surface area contributed by atoms with E-state index in [1.807, 2.05) is 24.5 Å². The number of phenolic OH excluding ortho intramolecular Hbond substituents is 1. The van der Waals surface area contributed by atoms with Gasteiger partial charge in [-0.15, -0.1) is 11.3 Å². The molecule has 1 aromatic heterocycles. The molecule has 3 aromatic rings. The average Bonchev–Trinajstić information content (AvgIpc) is 3.56. The zero-order chi connectivity index (χ0) is 27.3. The summed E-state index contributed by atoms with van der Waals surface area (Å²) in [5.74, 6) is 1.87. The Morgan fingerprint density at radius 1 is 1.18 bits per heavy atom. The quantitative estimate of drug-likeness (QED) is 0.334. The molecule has 3 heterocycles. The minimum Gasteiger partial charge on any atom is -0.504 e. The SMILES string of the molecule is CC[C@@]12C[C@](C)(COCc3cc4ccccc4s3)C(OC)[C@H]3Oc4c(O)ccc5c4[C@]31CCN(CC1CC1)[C@H]2C5. The number of piperidine rings is 1. The first-order valence-corrected chi connectivity index (χ1v) is 16.1. The topological polar surface area (TPSA) is 51.2 Å². The molecule has 6 atom stereocenters. The van der Waals surface area contributed by atoms with Crippen LogP contribution >= 0.6 is 11.3 Å². The number of nitrogens with zero attached hydrogens (tertiary/aromatic N) is 1. The van der Waals surface area contributed by atoms with Gasteiger partial charge in [0.25, 0.3) is 0 Å². The predicted molar refractivity (Wildman–Crippen MR) is 158 cm³/mol. The third-order valence-electron chi connectivity index (χ3n) is 11.5. The Bertz CT molecular complexity index is 1430. The molecule has 8 rings (SSSR count). The first-order valence-electron chi connectivity index (χ1n) is 15.3. The molecule has 2 aromatic carbocycles. The number of hydrogen-bond acceptors (Lipinski definition) is 6. The molecule has 5 aliphatic rings. The van der Waals surface area contributed by atoms with E-state index in [0.717, 1.165) is 43.9 Å². The van der Waals surface area contributed by atoms with E-state index in [0.29, 0.717) is 19.3 Å². The highest BCUT2D eigenvalue weighted by Gasteiger charge is 2.75.